The highest BCUT2D eigenvalue weighted by Gasteiger charge is 2.30. The van der Waals surface area contributed by atoms with Gasteiger partial charge in [0.1, 0.15) is 0 Å². The molecule has 2 aromatic carbocycles. The van der Waals surface area contributed by atoms with E-state index < -0.39 is 11.7 Å². The highest BCUT2D eigenvalue weighted by atomic mass is 19.4. The van der Waals surface area contributed by atoms with E-state index in [0.29, 0.717) is 11.4 Å². The Bertz CT molecular complexity index is 691. The van der Waals surface area contributed by atoms with Crippen LogP contribution in [0.1, 0.15) is 16.7 Å². The minimum Gasteiger partial charge on any atom is -0.399 e. The van der Waals surface area contributed by atoms with Crippen LogP contribution in [0.5, 0.6) is 0 Å². The number of hydrogen-bond donors (Lipinski definition) is 1. The van der Waals surface area contributed by atoms with Crippen molar-refractivity contribution in [2.75, 3.05) is 5.73 Å². The number of anilines is 1. The number of halogens is 3. The first kappa shape index (κ1) is 15.0. The molecule has 0 aliphatic carbocycles. The van der Waals surface area contributed by atoms with Gasteiger partial charge in [-0.05, 0) is 55.3 Å². The van der Waals surface area contributed by atoms with Crippen molar-refractivity contribution < 1.29 is 13.2 Å². The van der Waals surface area contributed by atoms with Crippen molar-refractivity contribution in [1.29, 1.82) is 0 Å². The van der Waals surface area contributed by atoms with Crippen LogP contribution in [-0.4, -0.2) is 0 Å². The van der Waals surface area contributed by atoms with Crippen LogP contribution < -0.4 is 5.73 Å². The van der Waals surface area contributed by atoms with E-state index in [9.17, 15) is 13.2 Å². The molecule has 0 spiro atoms. The van der Waals surface area contributed by atoms with Gasteiger partial charge < -0.3 is 5.73 Å². The van der Waals surface area contributed by atoms with Gasteiger partial charge in [-0.25, -0.2) is 0 Å². The average Bonchev–Trinajstić information content (AvgIpc) is 2.41. The summed E-state index contributed by atoms with van der Waals surface area (Å²) < 4.78 is 37.8. The third-order valence-corrected chi connectivity index (χ3v) is 3.03. The summed E-state index contributed by atoms with van der Waals surface area (Å²) in [7, 11) is 0. The highest BCUT2D eigenvalue weighted by Crippen LogP contribution is 2.32. The number of nitrogens with zero attached hydrogens (tertiary/aromatic N) is 2. The number of aryl methyl sites for hydroxylation is 2. The summed E-state index contributed by atoms with van der Waals surface area (Å²) in [6.07, 6.45) is -4.39. The van der Waals surface area contributed by atoms with Crippen molar-refractivity contribution in [3.63, 3.8) is 0 Å². The topological polar surface area (TPSA) is 50.7 Å². The van der Waals surface area contributed by atoms with E-state index in [-0.39, 0.29) is 5.69 Å². The van der Waals surface area contributed by atoms with E-state index in [1.54, 1.807) is 12.1 Å². The zero-order valence-electron chi connectivity index (χ0n) is 11.6. The molecule has 21 heavy (non-hydrogen) atoms. The maximum Gasteiger partial charge on any atom is 0.416 e. The number of rotatable bonds is 2. The molecule has 0 fully saturated rings. The fourth-order valence-electron chi connectivity index (χ4n) is 1.79. The minimum atomic E-state index is -4.39. The summed E-state index contributed by atoms with van der Waals surface area (Å²) in [5.41, 5.74) is 8.06. The molecule has 2 N–H and O–H groups in total. The average molecular weight is 293 g/mol. The zero-order chi connectivity index (χ0) is 15.6. The second kappa shape index (κ2) is 5.55. The molecular weight excluding hydrogens is 279 g/mol. The van der Waals surface area contributed by atoms with Crippen LogP contribution in [-0.2, 0) is 6.18 Å². The first-order valence-electron chi connectivity index (χ1n) is 6.23. The Kier molecular flexibility index (Phi) is 3.97. The van der Waals surface area contributed by atoms with Crippen LogP contribution in [0, 0.1) is 13.8 Å². The van der Waals surface area contributed by atoms with Gasteiger partial charge in [0.05, 0.1) is 16.9 Å². The molecule has 0 saturated carbocycles. The van der Waals surface area contributed by atoms with E-state index in [4.69, 9.17) is 5.73 Å². The van der Waals surface area contributed by atoms with Crippen LogP contribution in [0.25, 0.3) is 0 Å². The lowest BCUT2D eigenvalue weighted by Crippen LogP contribution is -2.03. The molecule has 110 valence electrons. The standard InChI is InChI=1S/C15H14F3N3/c1-9-7-14(10(2)6-13(9)19)21-20-12-5-3-4-11(8-12)15(16,17)18/h3-8H,19H2,1-2H3/b21-20+. The Morgan fingerprint density at radius 1 is 0.952 bits per heavy atom. The van der Waals surface area contributed by atoms with Gasteiger partial charge in [0.2, 0.25) is 0 Å². The molecule has 0 unspecified atom stereocenters. The number of hydrogen-bond acceptors (Lipinski definition) is 3. The van der Waals surface area contributed by atoms with E-state index in [1.165, 1.54) is 12.1 Å². The van der Waals surface area contributed by atoms with Crippen LogP contribution in [0.4, 0.5) is 30.2 Å². The van der Waals surface area contributed by atoms with Gasteiger partial charge in [-0.3, -0.25) is 0 Å². The van der Waals surface area contributed by atoms with Crippen LogP contribution >= 0.6 is 0 Å². The van der Waals surface area contributed by atoms with Gasteiger partial charge in [0.15, 0.2) is 0 Å². The molecule has 0 bridgehead atoms. The Balaban J connectivity index is 2.32. The predicted octanol–water partition coefficient (Wildman–Crippen LogP) is 5.32. The van der Waals surface area contributed by atoms with Crippen molar-refractivity contribution in [1.82, 2.24) is 0 Å². The fourth-order valence-corrected chi connectivity index (χ4v) is 1.79. The minimum absolute atomic E-state index is 0.152. The molecule has 0 amide bonds. The van der Waals surface area contributed by atoms with E-state index in [1.807, 2.05) is 13.8 Å². The van der Waals surface area contributed by atoms with Crippen molar-refractivity contribution >= 4 is 17.1 Å². The monoisotopic (exact) mass is 293 g/mol. The number of azo groups is 1. The maximum absolute atomic E-state index is 12.6. The Hall–Kier alpha value is -2.37. The van der Waals surface area contributed by atoms with Crippen LogP contribution in [0.15, 0.2) is 46.6 Å². The second-order valence-electron chi connectivity index (χ2n) is 4.74. The molecular formula is C15H14F3N3. The smallest absolute Gasteiger partial charge is 0.399 e. The quantitative estimate of drug-likeness (QED) is 0.591. The van der Waals surface area contributed by atoms with Crippen molar-refractivity contribution in [2.45, 2.75) is 20.0 Å². The van der Waals surface area contributed by atoms with Crippen LogP contribution in [0.3, 0.4) is 0 Å². The van der Waals surface area contributed by atoms with E-state index >= 15 is 0 Å². The molecule has 3 nitrogen and oxygen atoms in total. The molecule has 0 aromatic heterocycles. The molecule has 2 rings (SSSR count). The highest BCUT2D eigenvalue weighted by molar-refractivity contribution is 5.59. The summed E-state index contributed by atoms with van der Waals surface area (Å²) in [4.78, 5) is 0. The lowest BCUT2D eigenvalue weighted by atomic mass is 10.1. The summed E-state index contributed by atoms with van der Waals surface area (Å²) in [6, 6.07) is 8.24. The Labute approximate surface area is 120 Å². The molecule has 0 atom stereocenters. The van der Waals surface area contributed by atoms with Gasteiger partial charge in [-0.2, -0.15) is 23.4 Å². The zero-order valence-corrected chi connectivity index (χ0v) is 11.6. The molecule has 0 radical (unpaired) electrons. The van der Waals surface area contributed by atoms with Crippen LogP contribution in [0.2, 0.25) is 0 Å². The maximum atomic E-state index is 12.6. The van der Waals surface area contributed by atoms with E-state index in [0.717, 1.165) is 23.3 Å². The normalized spacial score (nSPS) is 12.0. The molecule has 0 aliphatic rings. The first-order chi connectivity index (χ1) is 9.77. The van der Waals surface area contributed by atoms with Gasteiger partial charge in [0.25, 0.3) is 0 Å². The van der Waals surface area contributed by atoms with Crippen molar-refractivity contribution in [3.05, 3.63) is 53.1 Å². The third-order valence-electron chi connectivity index (χ3n) is 3.03. The second-order valence-corrected chi connectivity index (χ2v) is 4.74. The van der Waals surface area contributed by atoms with Gasteiger partial charge in [0, 0.05) is 5.69 Å². The number of alkyl halides is 3. The number of nitrogen functional groups attached to an aromatic ring is 1. The first-order valence-corrected chi connectivity index (χ1v) is 6.23. The molecule has 2 aromatic rings. The lowest BCUT2D eigenvalue weighted by Gasteiger charge is -2.06. The Morgan fingerprint density at radius 3 is 2.33 bits per heavy atom. The third kappa shape index (κ3) is 3.59. The summed E-state index contributed by atoms with van der Waals surface area (Å²) >= 11 is 0. The SMILES string of the molecule is Cc1cc(/N=N/c2cccc(C(F)(F)F)c2)c(C)cc1N. The summed E-state index contributed by atoms with van der Waals surface area (Å²) in [5.74, 6) is 0. The van der Waals surface area contributed by atoms with E-state index in [2.05, 4.69) is 10.2 Å². The summed E-state index contributed by atoms with van der Waals surface area (Å²) in [6.45, 7) is 3.65. The molecule has 0 saturated heterocycles. The van der Waals surface area contributed by atoms with Crippen molar-refractivity contribution in [3.8, 4) is 0 Å². The predicted molar refractivity (Wildman–Crippen MR) is 75.9 cm³/mol. The van der Waals surface area contributed by atoms with Gasteiger partial charge in [-0.1, -0.05) is 6.07 Å². The number of nitrogens with two attached hydrogens (primary N) is 1. The number of benzene rings is 2. The van der Waals surface area contributed by atoms with Crippen molar-refractivity contribution in [2.24, 2.45) is 10.2 Å². The largest absolute Gasteiger partial charge is 0.416 e. The molecule has 0 heterocycles. The molecule has 0 aliphatic heterocycles. The van der Waals surface area contributed by atoms with Gasteiger partial charge in [-0.15, -0.1) is 0 Å². The Morgan fingerprint density at radius 2 is 1.67 bits per heavy atom. The summed E-state index contributed by atoms with van der Waals surface area (Å²) in [5, 5.41) is 7.87. The van der Waals surface area contributed by atoms with Gasteiger partial charge >= 0.3 is 6.18 Å². The lowest BCUT2D eigenvalue weighted by molar-refractivity contribution is -0.137. The molecule has 6 heteroatoms. The fraction of sp³-hybridized carbons (Fsp3) is 0.200.